The van der Waals surface area contributed by atoms with Crippen LogP contribution in [0.5, 0.6) is 0 Å². The molecule has 326 valence electrons. The summed E-state index contributed by atoms with van der Waals surface area (Å²) in [6, 6.07) is 21.3. The third kappa shape index (κ3) is 43.9. The Morgan fingerprint density at radius 2 is 0.947 bits per heavy atom. The highest BCUT2D eigenvalue weighted by molar-refractivity contribution is 5.17. The van der Waals surface area contributed by atoms with Crippen LogP contribution in [-0.2, 0) is 32.0 Å². The van der Waals surface area contributed by atoms with Crippen LogP contribution in [0.3, 0.4) is 0 Å². The van der Waals surface area contributed by atoms with Gasteiger partial charge in [0.1, 0.15) is 0 Å². The number of unbranched alkanes of at least 4 members (excludes halogenated alkanes) is 3. The van der Waals surface area contributed by atoms with E-state index < -0.39 is 0 Å². The van der Waals surface area contributed by atoms with Gasteiger partial charge in [0.25, 0.3) is 0 Å². The second-order valence-electron chi connectivity index (χ2n) is 17.9. The fourth-order valence-electron chi connectivity index (χ4n) is 4.83. The van der Waals surface area contributed by atoms with Gasteiger partial charge in [-0.2, -0.15) is 0 Å². The molecule has 2 aromatic rings. The van der Waals surface area contributed by atoms with E-state index in [1.807, 2.05) is 32.9 Å². The van der Waals surface area contributed by atoms with Gasteiger partial charge < -0.3 is 18.9 Å². The van der Waals surface area contributed by atoms with E-state index in [2.05, 4.69) is 163 Å². The Balaban J connectivity index is 0. The number of azide groups is 1. The lowest BCUT2D eigenvalue weighted by molar-refractivity contribution is -0.0148. The van der Waals surface area contributed by atoms with E-state index in [4.69, 9.17) is 24.5 Å². The van der Waals surface area contributed by atoms with Crippen LogP contribution >= 0.6 is 0 Å². The second kappa shape index (κ2) is 32.9. The molecule has 0 N–H and O–H groups in total. The van der Waals surface area contributed by atoms with E-state index in [-0.39, 0.29) is 22.4 Å². The maximum Gasteiger partial charge on any atom is 0.0600 e. The van der Waals surface area contributed by atoms with E-state index in [0.717, 1.165) is 59.1 Å². The number of hydrogen-bond acceptors (Lipinski definition) is 7. The maximum atomic E-state index is 7.90. The number of ether oxygens (including phenoxy) is 4. The van der Waals surface area contributed by atoms with E-state index >= 15 is 0 Å². The van der Waals surface area contributed by atoms with E-state index in [0.29, 0.717) is 13.2 Å². The normalized spacial score (nSPS) is 11.6. The van der Waals surface area contributed by atoms with Gasteiger partial charge in [-0.05, 0) is 106 Å². The Labute approximate surface area is 350 Å². The summed E-state index contributed by atoms with van der Waals surface area (Å²) in [6.45, 7) is 43.2. The zero-order valence-electron chi connectivity index (χ0n) is 38.8. The van der Waals surface area contributed by atoms with Crippen LogP contribution in [0.1, 0.15) is 127 Å². The molecule has 0 unspecified atom stereocenters. The Morgan fingerprint density at radius 3 is 1.32 bits per heavy atom. The number of benzene rings is 2. The Morgan fingerprint density at radius 1 is 0.561 bits per heavy atom. The van der Waals surface area contributed by atoms with Crippen LogP contribution in [0.25, 0.3) is 10.4 Å². The molecule has 0 amide bonds. The molecule has 0 aliphatic rings. The summed E-state index contributed by atoms with van der Waals surface area (Å²) >= 11 is 0. The summed E-state index contributed by atoms with van der Waals surface area (Å²) in [5.74, 6) is 0. The summed E-state index contributed by atoms with van der Waals surface area (Å²) in [7, 11) is 0. The predicted molar refractivity (Wildman–Crippen MR) is 245 cm³/mol. The summed E-state index contributed by atoms with van der Waals surface area (Å²) in [6.07, 6.45) is 8.97. The van der Waals surface area contributed by atoms with Gasteiger partial charge in [0.15, 0.2) is 0 Å². The van der Waals surface area contributed by atoms with Crippen molar-refractivity contribution in [3.63, 3.8) is 0 Å². The number of hydrogen-bond donors (Lipinski definition) is 0. The topological polar surface area (TPSA) is 92.2 Å². The summed E-state index contributed by atoms with van der Waals surface area (Å²) in [5.41, 5.74) is 10.4. The Hall–Kier alpha value is -3.01. The van der Waals surface area contributed by atoms with Crippen molar-refractivity contribution in [1.29, 1.82) is 0 Å². The van der Waals surface area contributed by atoms with Gasteiger partial charge >= 0.3 is 0 Å². The van der Waals surface area contributed by atoms with Crippen molar-refractivity contribution in [1.82, 2.24) is 9.80 Å². The van der Waals surface area contributed by atoms with Gasteiger partial charge in [-0.15, -0.1) is 13.2 Å². The Kier molecular flexibility index (Phi) is 32.4. The smallest absolute Gasteiger partial charge is 0.0600 e. The highest BCUT2D eigenvalue weighted by Gasteiger charge is 2.13. The molecule has 0 aliphatic carbocycles. The van der Waals surface area contributed by atoms with Gasteiger partial charge in [0, 0.05) is 57.3 Å². The molecule has 0 saturated carbocycles. The quantitative estimate of drug-likeness (QED) is 0.0387. The van der Waals surface area contributed by atoms with Crippen molar-refractivity contribution in [2.75, 3.05) is 59.2 Å². The average molecular weight is 796 g/mol. The lowest BCUT2D eigenvalue weighted by atomic mass is 10.1. The highest BCUT2D eigenvalue weighted by atomic mass is 16.5. The molecule has 9 heteroatoms. The van der Waals surface area contributed by atoms with Crippen molar-refractivity contribution < 1.29 is 18.9 Å². The van der Waals surface area contributed by atoms with Gasteiger partial charge in [-0.1, -0.05) is 104 Å². The maximum absolute atomic E-state index is 7.90. The van der Waals surface area contributed by atoms with Gasteiger partial charge in [0.2, 0.25) is 0 Å². The minimum absolute atomic E-state index is 0.0476. The zero-order valence-corrected chi connectivity index (χ0v) is 38.8. The largest absolute Gasteiger partial charge is 0.376 e. The summed E-state index contributed by atoms with van der Waals surface area (Å²) in [5, 5.41) is 3.33. The SMILES string of the molecule is C=CCN(CC=C)CCOC(C)(C)C.CC(C)(C)OCCN(Cc1ccccc1)Cc1ccccc1.CC(C)(C)OCCN=[N+]=[N-].CCCCCCOC(C)(C)C. The third-order valence-corrected chi connectivity index (χ3v) is 7.48. The molecule has 0 heterocycles. The van der Waals surface area contributed by atoms with Crippen molar-refractivity contribution in [3.05, 3.63) is 108 Å². The first-order valence-corrected chi connectivity index (χ1v) is 21.0. The minimum atomic E-state index is -0.134. The molecule has 2 rings (SSSR count). The molecule has 57 heavy (non-hydrogen) atoms. The minimum Gasteiger partial charge on any atom is -0.376 e. The summed E-state index contributed by atoms with van der Waals surface area (Å²) in [4.78, 5) is 7.28. The van der Waals surface area contributed by atoms with Crippen molar-refractivity contribution in [2.45, 2.75) is 151 Å². The van der Waals surface area contributed by atoms with E-state index in [1.165, 1.54) is 36.8 Å². The lowest BCUT2D eigenvalue weighted by Crippen LogP contribution is -2.31. The average Bonchev–Trinajstić information content (AvgIpc) is 3.10. The van der Waals surface area contributed by atoms with Crippen LogP contribution in [0, 0.1) is 0 Å². The number of nitrogens with zero attached hydrogens (tertiary/aromatic N) is 5. The molecule has 0 atom stereocenters. The lowest BCUT2D eigenvalue weighted by Gasteiger charge is -2.26. The molecule has 0 spiro atoms. The fraction of sp³-hybridized carbons (Fsp3) is 0.667. The van der Waals surface area contributed by atoms with Crippen molar-refractivity contribution >= 4 is 0 Å². The molecule has 0 saturated heterocycles. The van der Waals surface area contributed by atoms with Gasteiger partial charge in [-0.25, -0.2) is 0 Å². The van der Waals surface area contributed by atoms with Gasteiger partial charge in [0.05, 0.1) is 42.2 Å². The van der Waals surface area contributed by atoms with E-state index in [1.54, 1.807) is 0 Å². The Bertz CT molecular complexity index is 1220. The highest BCUT2D eigenvalue weighted by Crippen LogP contribution is 2.13. The zero-order chi connectivity index (χ0) is 43.6. The second-order valence-corrected chi connectivity index (χ2v) is 17.9. The molecule has 0 fully saturated rings. The molecule has 2 aromatic carbocycles. The standard InChI is InChI=1S/C20H27NO.C12H23NO.C10H22O.C6H13N3O/c1-20(2,3)22-15-14-21(16-18-10-6-4-7-11-18)17-19-12-8-5-9-13-19;1-6-8-13(9-7-2)10-11-14-12(3,4)5;1-5-6-7-8-9-11-10(2,3)4;1-6(2,3)10-5-4-8-9-7/h4-13H,14-17H2,1-3H3;6-7H,1-2,8-11H2,3-5H3;5-9H2,1-4H3;4-5H2,1-3H3. The monoisotopic (exact) mass is 796 g/mol. The third-order valence-electron chi connectivity index (χ3n) is 7.48. The van der Waals surface area contributed by atoms with Crippen LogP contribution < -0.4 is 0 Å². The fourth-order valence-corrected chi connectivity index (χ4v) is 4.83. The van der Waals surface area contributed by atoms with Crippen molar-refractivity contribution in [2.24, 2.45) is 5.11 Å². The molecular weight excluding hydrogens is 711 g/mol. The summed E-state index contributed by atoms with van der Waals surface area (Å²) < 4.78 is 22.4. The van der Waals surface area contributed by atoms with Crippen molar-refractivity contribution in [3.8, 4) is 0 Å². The van der Waals surface area contributed by atoms with Gasteiger partial charge in [-0.3, -0.25) is 9.80 Å². The predicted octanol–water partition coefficient (Wildman–Crippen LogP) is 12.5. The molecule has 0 bridgehead atoms. The first-order valence-electron chi connectivity index (χ1n) is 21.0. The van der Waals surface area contributed by atoms with Crippen LogP contribution in [0.15, 0.2) is 91.1 Å². The first-order chi connectivity index (χ1) is 26.6. The first kappa shape index (κ1) is 56.1. The molecule has 0 aliphatic heterocycles. The molecule has 0 radical (unpaired) electrons. The van der Waals surface area contributed by atoms with Crippen LogP contribution in [0.4, 0.5) is 0 Å². The molecule has 0 aromatic heterocycles. The van der Waals surface area contributed by atoms with Crippen LogP contribution in [0.2, 0.25) is 0 Å². The van der Waals surface area contributed by atoms with E-state index in [9.17, 15) is 0 Å². The molecular formula is C48H85N5O4. The van der Waals surface area contributed by atoms with Crippen LogP contribution in [-0.4, -0.2) is 91.4 Å². The number of rotatable bonds is 22. The molecule has 9 nitrogen and oxygen atoms in total.